The van der Waals surface area contributed by atoms with E-state index in [4.69, 9.17) is 9.47 Å². The number of ether oxygens (including phenoxy) is 2. The summed E-state index contributed by atoms with van der Waals surface area (Å²) in [5, 5.41) is 6.51. The average molecular weight is 387 g/mol. The summed E-state index contributed by atoms with van der Waals surface area (Å²) in [4.78, 5) is 4.48. The minimum atomic E-state index is 0. The standard InChI is InChI=1S/C13H29N3O2.HI/c1-4-14-13(15-9-7-11-17-5-2)16-10-8-12-18-6-3;/h4-12H2,1-3H3,(H2,14,15,16);1H. The largest absolute Gasteiger partial charge is 0.382 e. The van der Waals surface area contributed by atoms with E-state index in [1.54, 1.807) is 0 Å². The van der Waals surface area contributed by atoms with E-state index < -0.39 is 0 Å². The van der Waals surface area contributed by atoms with E-state index in [-0.39, 0.29) is 24.0 Å². The summed E-state index contributed by atoms with van der Waals surface area (Å²) in [5.74, 6) is 0.880. The first-order valence-corrected chi connectivity index (χ1v) is 7.02. The second-order valence-corrected chi connectivity index (χ2v) is 3.79. The van der Waals surface area contributed by atoms with Crippen LogP contribution in [0.2, 0.25) is 0 Å². The van der Waals surface area contributed by atoms with Crippen LogP contribution in [-0.4, -0.2) is 52.0 Å². The number of aliphatic imine (C=N–C) groups is 1. The van der Waals surface area contributed by atoms with Gasteiger partial charge in [0.25, 0.3) is 0 Å². The predicted molar refractivity (Wildman–Crippen MR) is 91.6 cm³/mol. The molecule has 2 N–H and O–H groups in total. The van der Waals surface area contributed by atoms with E-state index in [1.807, 2.05) is 13.8 Å². The van der Waals surface area contributed by atoms with Gasteiger partial charge in [-0.1, -0.05) is 0 Å². The third-order valence-corrected chi connectivity index (χ3v) is 2.23. The molecule has 0 amide bonds. The van der Waals surface area contributed by atoms with Crippen molar-refractivity contribution in [1.82, 2.24) is 10.6 Å². The highest BCUT2D eigenvalue weighted by atomic mass is 127. The van der Waals surface area contributed by atoms with Crippen molar-refractivity contribution in [3.8, 4) is 0 Å². The molecule has 0 aliphatic carbocycles. The quantitative estimate of drug-likeness (QED) is 0.247. The van der Waals surface area contributed by atoms with Crippen molar-refractivity contribution in [1.29, 1.82) is 0 Å². The van der Waals surface area contributed by atoms with E-state index in [2.05, 4.69) is 22.5 Å². The van der Waals surface area contributed by atoms with E-state index in [0.717, 1.165) is 64.9 Å². The number of halogens is 1. The Kier molecular flexibility index (Phi) is 20.0. The molecule has 19 heavy (non-hydrogen) atoms. The van der Waals surface area contributed by atoms with E-state index in [9.17, 15) is 0 Å². The Morgan fingerprint density at radius 2 is 1.58 bits per heavy atom. The van der Waals surface area contributed by atoms with Crippen molar-refractivity contribution in [2.45, 2.75) is 33.6 Å². The molecule has 0 bridgehead atoms. The second-order valence-electron chi connectivity index (χ2n) is 3.79. The molecule has 0 unspecified atom stereocenters. The van der Waals surface area contributed by atoms with Crippen LogP contribution in [-0.2, 0) is 9.47 Å². The fraction of sp³-hybridized carbons (Fsp3) is 0.923. The van der Waals surface area contributed by atoms with Crippen LogP contribution >= 0.6 is 24.0 Å². The van der Waals surface area contributed by atoms with Gasteiger partial charge >= 0.3 is 0 Å². The summed E-state index contributed by atoms with van der Waals surface area (Å²) < 4.78 is 10.6. The lowest BCUT2D eigenvalue weighted by Crippen LogP contribution is -2.38. The Labute approximate surface area is 134 Å². The molecule has 0 saturated carbocycles. The molecule has 0 saturated heterocycles. The summed E-state index contributed by atoms with van der Waals surface area (Å²) in [6.07, 6.45) is 1.96. The number of hydrogen-bond acceptors (Lipinski definition) is 3. The van der Waals surface area contributed by atoms with Gasteiger partial charge in [0, 0.05) is 46.1 Å². The highest BCUT2D eigenvalue weighted by molar-refractivity contribution is 14.0. The van der Waals surface area contributed by atoms with Gasteiger partial charge in [-0.2, -0.15) is 0 Å². The molecular formula is C13H30IN3O2. The van der Waals surface area contributed by atoms with Crippen molar-refractivity contribution in [3.05, 3.63) is 0 Å². The zero-order chi connectivity index (χ0) is 13.5. The van der Waals surface area contributed by atoms with Crippen molar-refractivity contribution < 1.29 is 9.47 Å². The summed E-state index contributed by atoms with van der Waals surface area (Å²) in [6.45, 7) is 11.8. The van der Waals surface area contributed by atoms with Gasteiger partial charge < -0.3 is 20.1 Å². The van der Waals surface area contributed by atoms with Crippen molar-refractivity contribution in [2.24, 2.45) is 4.99 Å². The molecule has 0 aliphatic heterocycles. The highest BCUT2D eigenvalue weighted by Gasteiger charge is 1.96. The van der Waals surface area contributed by atoms with E-state index in [0.29, 0.717) is 0 Å². The lowest BCUT2D eigenvalue weighted by atomic mass is 10.4. The Balaban J connectivity index is 0. The lowest BCUT2D eigenvalue weighted by Gasteiger charge is -2.11. The van der Waals surface area contributed by atoms with E-state index >= 15 is 0 Å². The molecule has 0 spiro atoms. The third kappa shape index (κ3) is 15.9. The van der Waals surface area contributed by atoms with Crippen LogP contribution in [0.3, 0.4) is 0 Å². The number of rotatable bonds is 11. The molecule has 0 aliphatic rings. The first kappa shape index (κ1) is 21.2. The molecule has 6 heteroatoms. The van der Waals surface area contributed by atoms with Crippen LogP contribution in [0.4, 0.5) is 0 Å². The van der Waals surface area contributed by atoms with Gasteiger partial charge in [0.1, 0.15) is 0 Å². The van der Waals surface area contributed by atoms with Crippen molar-refractivity contribution in [2.75, 3.05) is 46.1 Å². The SMILES string of the molecule is CCNC(=NCCCOCC)NCCCOCC.I. The van der Waals surface area contributed by atoms with Crippen LogP contribution in [0.15, 0.2) is 4.99 Å². The average Bonchev–Trinajstić information content (AvgIpc) is 2.38. The van der Waals surface area contributed by atoms with Crippen molar-refractivity contribution in [3.63, 3.8) is 0 Å². The number of hydrogen-bond donors (Lipinski definition) is 2. The first-order chi connectivity index (χ1) is 8.85. The maximum Gasteiger partial charge on any atom is 0.191 e. The molecule has 0 aromatic carbocycles. The monoisotopic (exact) mass is 387 g/mol. The zero-order valence-corrected chi connectivity index (χ0v) is 14.9. The molecule has 0 rings (SSSR count). The van der Waals surface area contributed by atoms with Gasteiger partial charge in [-0.25, -0.2) is 0 Å². The molecule has 0 radical (unpaired) electrons. The molecule has 0 atom stereocenters. The van der Waals surface area contributed by atoms with Gasteiger partial charge in [-0.3, -0.25) is 4.99 Å². The van der Waals surface area contributed by atoms with Crippen LogP contribution in [0.5, 0.6) is 0 Å². The van der Waals surface area contributed by atoms with Gasteiger partial charge in [-0.05, 0) is 33.6 Å². The normalized spacial score (nSPS) is 11.0. The summed E-state index contributed by atoms with van der Waals surface area (Å²) in [5.41, 5.74) is 0. The summed E-state index contributed by atoms with van der Waals surface area (Å²) in [6, 6.07) is 0. The molecular weight excluding hydrogens is 357 g/mol. The number of nitrogens with zero attached hydrogens (tertiary/aromatic N) is 1. The number of guanidine groups is 1. The second kappa shape index (κ2) is 17.9. The van der Waals surface area contributed by atoms with Crippen LogP contribution in [0, 0.1) is 0 Å². The minimum Gasteiger partial charge on any atom is -0.382 e. The molecule has 0 heterocycles. The maximum absolute atomic E-state index is 5.28. The van der Waals surface area contributed by atoms with Crippen LogP contribution < -0.4 is 10.6 Å². The Bertz CT molecular complexity index is 204. The van der Waals surface area contributed by atoms with Gasteiger partial charge in [0.15, 0.2) is 5.96 Å². The third-order valence-electron chi connectivity index (χ3n) is 2.23. The minimum absolute atomic E-state index is 0. The zero-order valence-electron chi connectivity index (χ0n) is 12.5. The van der Waals surface area contributed by atoms with Crippen LogP contribution in [0.25, 0.3) is 0 Å². The summed E-state index contributed by atoms with van der Waals surface area (Å²) >= 11 is 0. The molecule has 116 valence electrons. The molecule has 5 nitrogen and oxygen atoms in total. The van der Waals surface area contributed by atoms with Crippen LogP contribution in [0.1, 0.15) is 33.6 Å². The Hall–Kier alpha value is -0.0800. The lowest BCUT2D eigenvalue weighted by molar-refractivity contribution is 0.145. The molecule has 0 fully saturated rings. The Morgan fingerprint density at radius 3 is 2.16 bits per heavy atom. The molecule has 0 aromatic rings. The highest BCUT2D eigenvalue weighted by Crippen LogP contribution is 1.85. The van der Waals surface area contributed by atoms with Crippen molar-refractivity contribution >= 4 is 29.9 Å². The Morgan fingerprint density at radius 1 is 0.947 bits per heavy atom. The fourth-order valence-corrected chi connectivity index (χ4v) is 1.37. The molecule has 0 aromatic heterocycles. The predicted octanol–water partition coefficient (Wildman–Crippen LogP) is 2.01. The van der Waals surface area contributed by atoms with Gasteiger partial charge in [0.05, 0.1) is 0 Å². The van der Waals surface area contributed by atoms with E-state index in [1.165, 1.54) is 0 Å². The topological polar surface area (TPSA) is 54.9 Å². The smallest absolute Gasteiger partial charge is 0.191 e. The maximum atomic E-state index is 5.28. The summed E-state index contributed by atoms with van der Waals surface area (Å²) in [7, 11) is 0. The van der Waals surface area contributed by atoms with Gasteiger partial charge in [-0.15, -0.1) is 24.0 Å². The first-order valence-electron chi connectivity index (χ1n) is 7.02. The fourth-order valence-electron chi connectivity index (χ4n) is 1.37. The number of nitrogens with one attached hydrogen (secondary N) is 2. The van der Waals surface area contributed by atoms with Gasteiger partial charge in [0.2, 0.25) is 0 Å².